The lowest BCUT2D eigenvalue weighted by molar-refractivity contribution is -0.0882. The molecule has 0 aromatic carbocycles. The Kier molecular flexibility index (Phi) is 4.42. The number of ether oxygens (including phenoxy) is 1. The van der Waals surface area contributed by atoms with Crippen LogP contribution in [0, 0.1) is 0 Å². The third kappa shape index (κ3) is 3.25. The van der Waals surface area contributed by atoms with E-state index in [4.69, 9.17) is 4.74 Å². The van der Waals surface area contributed by atoms with Gasteiger partial charge < -0.3 is 10.1 Å². The number of rotatable bonds is 3. The molecule has 8 heteroatoms. The van der Waals surface area contributed by atoms with Crippen LogP contribution in [0.25, 0.3) is 0 Å². The highest BCUT2D eigenvalue weighted by Gasteiger charge is 2.43. The molecule has 0 bridgehead atoms. The number of fused-ring (bicyclic) bond motifs is 2. The lowest BCUT2D eigenvalue weighted by atomic mass is 9.83. The predicted molar refractivity (Wildman–Crippen MR) is 96.4 cm³/mol. The summed E-state index contributed by atoms with van der Waals surface area (Å²) in [4.78, 5) is 14.5. The predicted octanol–water partition coefficient (Wildman–Crippen LogP) is 1.85. The van der Waals surface area contributed by atoms with Crippen molar-refractivity contribution in [3.8, 4) is 0 Å². The van der Waals surface area contributed by atoms with Crippen molar-refractivity contribution in [1.82, 2.24) is 9.62 Å². The Morgan fingerprint density at radius 2 is 2.08 bits per heavy atom. The molecule has 25 heavy (non-hydrogen) atoms. The maximum atomic E-state index is 12.5. The molecule has 4 rings (SSSR count). The average Bonchev–Trinajstić information content (AvgIpc) is 2.96. The highest BCUT2D eigenvalue weighted by atomic mass is 32.2. The van der Waals surface area contributed by atoms with E-state index in [1.165, 1.54) is 21.9 Å². The lowest BCUT2D eigenvalue weighted by Gasteiger charge is -2.43. The van der Waals surface area contributed by atoms with Crippen molar-refractivity contribution < 1.29 is 17.9 Å². The van der Waals surface area contributed by atoms with E-state index in [0.29, 0.717) is 38.6 Å². The number of nitrogens with zero attached hydrogens (tertiary/aromatic N) is 1. The molecule has 1 aliphatic carbocycles. The van der Waals surface area contributed by atoms with Crippen LogP contribution in [0.4, 0.5) is 0 Å². The molecule has 2 aliphatic heterocycles. The topological polar surface area (TPSA) is 75.7 Å². The monoisotopic (exact) mass is 384 g/mol. The molecule has 3 aliphatic rings. The van der Waals surface area contributed by atoms with Crippen molar-refractivity contribution in [3.63, 3.8) is 0 Å². The fourth-order valence-electron chi connectivity index (χ4n) is 3.93. The molecule has 0 unspecified atom stereocenters. The van der Waals surface area contributed by atoms with Crippen molar-refractivity contribution in [2.24, 2.45) is 0 Å². The van der Waals surface area contributed by atoms with E-state index in [9.17, 15) is 13.2 Å². The van der Waals surface area contributed by atoms with E-state index >= 15 is 0 Å². The minimum atomic E-state index is -3.16. The number of piperidine rings is 1. The number of hydrogen-bond donors (Lipinski definition) is 1. The molecule has 1 amide bonds. The zero-order valence-electron chi connectivity index (χ0n) is 14.4. The molecule has 1 saturated carbocycles. The largest absolute Gasteiger partial charge is 0.370 e. The number of sulfonamides is 1. The maximum absolute atomic E-state index is 12.5. The molecule has 1 saturated heterocycles. The Bertz CT molecular complexity index is 775. The second-order valence-corrected chi connectivity index (χ2v) is 10.4. The van der Waals surface area contributed by atoms with Gasteiger partial charge in [-0.3, -0.25) is 4.79 Å². The molecular formula is C17H24N2O4S2. The Morgan fingerprint density at radius 1 is 1.36 bits per heavy atom. The van der Waals surface area contributed by atoms with Crippen molar-refractivity contribution in [2.75, 3.05) is 26.0 Å². The van der Waals surface area contributed by atoms with Crippen LogP contribution in [0.2, 0.25) is 0 Å². The first kappa shape index (κ1) is 17.5. The zero-order chi connectivity index (χ0) is 17.7. The fourth-order valence-corrected chi connectivity index (χ4v) is 5.91. The van der Waals surface area contributed by atoms with E-state index in [0.717, 1.165) is 29.7 Å². The van der Waals surface area contributed by atoms with Gasteiger partial charge in [-0.05, 0) is 43.7 Å². The smallest absolute Gasteiger partial charge is 0.261 e. The summed E-state index contributed by atoms with van der Waals surface area (Å²) in [5.74, 6) is 0.0211. The van der Waals surface area contributed by atoms with E-state index < -0.39 is 15.6 Å². The van der Waals surface area contributed by atoms with Gasteiger partial charge in [0.15, 0.2) is 0 Å². The summed E-state index contributed by atoms with van der Waals surface area (Å²) < 4.78 is 31.2. The minimum absolute atomic E-state index is 0.0211. The number of hydrogen-bond acceptors (Lipinski definition) is 5. The summed E-state index contributed by atoms with van der Waals surface area (Å²) in [5.41, 5.74) is 0.677. The first-order valence-corrected chi connectivity index (χ1v) is 11.6. The zero-order valence-corrected chi connectivity index (χ0v) is 16.0. The number of carbonyl (C=O) groups excluding carboxylic acids is 1. The number of amides is 1. The molecule has 6 nitrogen and oxygen atoms in total. The fraction of sp³-hybridized carbons (Fsp3) is 0.706. The number of thiophene rings is 1. The van der Waals surface area contributed by atoms with Gasteiger partial charge >= 0.3 is 0 Å². The average molecular weight is 385 g/mol. The molecule has 0 radical (unpaired) electrons. The molecule has 1 aromatic heterocycles. The van der Waals surface area contributed by atoms with E-state index in [1.807, 2.05) is 6.07 Å². The summed E-state index contributed by atoms with van der Waals surface area (Å²) in [6.07, 6.45) is 6.72. The summed E-state index contributed by atoms with van der Waals surface area (Å²) in [6, 6.07) is 2.32. The van der Waals surface area contributed by atoms with Crippen LogP contribution in [0.5, 0.6) is 0 Å². The van der Waals surface area contributed by atoms with Crippen molar-refractivity contribution in [2.45, 2.75) is 50.2 Å². The molecule has 0 atom stereocenters. The summed E-state index contributed by atoms with van der Waals surface area (Å²) in [7, 11) is -3.16. The Balaban J connectivity index is 1.55. The molecule has 1 aromatic rings. The lowest BCUT2D eigenvalue weighted by Crippen LogP contribution is -2.47. The van der Waals surface area contributed by atoms with Crippen LogP contribution in [-0.2, 0) is 26.8 Å². The molecular weight excluding hydrogens is 360 g/mol. The van der Waals surface area contributed by atoms with Crippen LogP contribution in [-0.4, -0.2) is 50.6 Å². The third-order valence-electron chi connectivity index (χ3n) is 5.67. The van der Waals surface area contributed by atoms with Gasteiger partial charge in [-0.15, -0.1) is 11.3 Å². The highest BCUT2D eigenvalue weighted by Crippen LogP contribution is 2.45. The van der Waals surface area contributed by atoms with Gasteiger partial charge in [-0.25, -0.2) is 12.7 Å². The van der Waals surface area contributed by atoms with Crippen LogP contribution < -0.4 is 5.32 Å². The van der Waals surface area contributed by atoms with Crippen molar-refractivity contribution in [3.05, 3.63) is 21.4 Å². The quantitative estimate of drug-likeness (QED) is 0.863. The molecule has 1 N–H and O–H groups in total. The van der Waals surface area contributed by atoms with E-state index in [2.05, 4.69) is 5.32 Å². The van der Waals surface area contributed by atoms with Crippen molar-refractivity contribution >= 4 is 27.3 Å². The summed E-state index contributed by atoms with van der Waals surface area (Å²) in [5, 5.41) is 3.10. The molecule has 3 heterocycles. The SMILES string of the molecule is CS(=O)(=O)N1CCC2(CC1)OCCc1sc(C(=O)NC3CCC3)cc12. The standard InChI is InChI=1S/C17H24N2O4S2/c1-25(21,22)19-8-6-17(7-9-19)13-11-15(24-14(13)5-10-23-17)16(20)18-12-3-2-4-12/h11-12H,2-10H2,1H3,(H,18,20). The van der Waals surface area contributed by atoms with Gasteiger partial charge in [0.25, 0.3) is 5.91 Å². The number of carbonyl (C=O) groups is 1. The van der Waals surface area contributed by atoms with Gasteiger partial charge in [0.2, 0.25) is 10.0 Å². The Labute approximate surface area is 152 Å². The summed E-state index contributed by atoms with van der Waals surface area (Å²) >= 11 is 1.57. The number of nitrogens with one attached hydrogen (secondary N) is 1. The van der Waals surface area contributed by atoms with Crippen LogP contribution in [0.3, 0.4) is 0 Å². The van der Waals surface area contributed by atoms with Crippen LogP contribution in [0.1, 0.15) is 52.2 Å². The minimum Gasteiger partial charge on any atom is -0.370 e. The summed E-state index contributed by atoms with van der Waals surface area (Å²) in [6.45, 7) is 1.57. The van der Waals surface area contributed by atoms with Gasteiger partial charge in [0.1, 0.15) is 0 Å². The van der Waals surface area contributed by atoms with Gasteiger partial charge in [0, 0.05) is 30.4 Å². The maximum Gasteiger partial charge on any atom is 0.261 e. The molecule has 2 fully saturated rings. The first-order valence-electron chi connectivity index (χ1n) is 8.90. The first-order chi connectivity index (χ1) is 11.9. The van der Waals surface area contributed by atoms with Crippen LogP contribution >= 0.6 is 11.3 Å². The van der Waals surface area contributed by atoms with Crippen molar-refractivity contribution in [1.29, 1.82) is 0 Å². The van der Waals surface area contributed by atoms with Gasteiger partial charge in [-0.1, -0.05) is 0 Å². The Hall–Kier alpha value is -0.960. The second kappa shape index (κ2) is 6.33. The molecule has 138 valence electrons. The third-order valence-corrected chi connectivity index (χ3v) is 8.17. The highest BCUT2D eigenvalue weighted by molar-refractivity contribution is 7.88. The van der Waals surface area contributed by atoms with Gasteiger partial charge in [0.05, 0.1) is 23.3 Å². The van der Waals surface area contributed by atoms with E-state index in [-0.39, 0.29) is 5.91 Å². The van der Waals surface area contributed by atoms with Crippen LogP contribution in [0.15, 0.2) is 6.07 Å². The Morgan fingerprint density at radius 3 is 2.68 bits per heavy atom. The van der Waals surface area contributed by atoms with E-state index in [1.54, 1.807) is 11.3 Å². The van der Waals surface area contributed by atoms with Gasteiger partial charge in [-0.2, -0.15) is 0 Å². The normalized spacial score (nSPS) is 23.9. The second-order valence-electron chi connectivity index (χ2n) is 7.30. The molecule has 1 spiro atoms.